The lowest BCUT2D eigenvalue weighted by molar-refractivity contribution is 0.586. The Balaban J connectivity index is 1.33. The van der Waals surface area contributed by atoms with E-state index in [1.807, 2.05) is 70.6 Å². The minimum atomic E-state index is 1.08. The highest BCUT2D eigenvalue weighted by Gasteiger charge is 2.24. The Morgan fingerprint density at radius 3 is 0.660 bits per heavy atom. The highest BCUT2D eigenvalue weighted by molar-refractivity contribution is 8.41. The van der Waals surface area contributed by atoms with E-state index in [1.165, 1.54) is 361 Å². The summed E-state index contributed by atoms with van der Waals surface area (Å²) in [5.41, 5.74) is 6.99. The Hall–Kier alpha value is -0.760. The summed E-state index contributed by atoms with van der Waals surface area (Å²) in [6.45, 7) is 13.9. The SMILES string of the molecule is CCCCCCCCCCSC1=C(SCCCCCCCCCC)SC(=Cc2ccc(C#Cc3cc(SCCCCCCCCCC)c(C#Cc4ccc(C=C5SC(SCCCCCCCCCC)=C(SCCCCCCCCCC)S5)cc4)cc3SCCCCCCCCCC)cc2)S1. The van der Waals surface area contributed by atoms with Gasteiger partial charge in [0.25, 0.3) is 0 Å². The minimum absolute atomic E-state index is 1.08. The molecule has 0 fully saturated rings. The molecule has 0 aliphatic carbocycles. The van der Waals surface area contributed by atoms with Crippen LogP contribution in [0.1, 0.15) is 383 Å². The zero-order valence-electron chi connectivity index (χ0n) is 64.2. The Morgan fingerprint density at radius 1 is 0.240 bits per heavy atom. The summed E-state index contributed by atoms with van der Waals surface area (Å²) in [6, 6.07) is 23.1. The van der Waals surface area contributed by atoms with Gasteiger partial charge in [-0.15, -0.1) is 70.6 Å². The average Bonchev–Trinajstić information content (AvgIpc) is 0.865. The lowest BCUT2D eigenvalue weighted by atomic mass is 10.1. The quantitative estimate of drug-likeness (QED) is 0.0303. The lowest BCUT2D eigenvalue weighted by Crippen LogP contribution is -1.93. The van der Waals surface area contributed by atoms with E-state index >= 15 is 0 Å². The second-order valence-electron chi connectivity index (χ2n) is 28.0. The molecule has 3 aromatic rings. The molecule has 0 atom stereocenters. The van der Waals surface area contributed by atoms with E-state index in [9.17, 15) is 0 Å². The van der Waals surface area contributed by atoms with Gasteiger partial charge < -0.3 is 0 Å². The van der Waals surface area contributed by atoms with Crippen LogP contribution in [0.3, 0.4) is 0 Å². The Bertz CT molecular complexity index is 2540. The Morgan fingerprint density at radius 2 is 0.440 bits per heavy atom. The molecule has 2 aliphatic rings. The van der Waals surface area contributed by atoms with Crippen LogP contribution < -0.4 is 0 Å². The summed E-state index contributed by atoms with van der Waals surface area (Å²) in [7, 11) is 0. The van der Waals surface area contributed by atoms with E-state index in [1.54, 1.807) is 16.9 Å². The minimum Gasteiger partial charge on any atom is -0.125 e. The van der Waals surface area contributed by atoms with Gasteiger partial charge in [-0.2, -0.15) is 0 Å². The maximum atomic E-state index is 3.78. The average molecular weight is 1540 g/mol. The van der Waals surface area contributed by atoms with Crippen molar-refractivity contribution in [1.29, 1.82) is 0 Å². The van der Waals surface area contributed by atoms with Gasteiger partial charge in [0.05, 0.1) is 25.4 Å². The van der Waals surface area contributed by atoms with Crippen molar-refractivity contribution in [3.8, 4) is 23.7 Å². The first-order valence-electron chi connectivity index (χ1n) is 41.3. The van der Waals surface area contributed by atoms with E-state index in [0.717, 1.165) is 33.8 Å². The molecule has 0 nitrogen and oxygen atoms in total. The molecule has 100 heavy (non-hydrogen) atoms. The van der Waals surface area contributed by atoms with Gasteiger partial charge in [-0.05, 0) is 133 Å². The van der Waals surface area contributed by atoms with Crippen molar-refractivity contribution < 1.29 is 0 Å². The molecule has 10 heteroatoms. The monoisotopic (exact) mass is 1540 g/mol. The van der Waals surface area contributed by atoms with Crippen molar-refractivity contribution in [2.45, 2.75) is 360 Å². The summed E-state index contributed by atoms with van der Waals surface area (Å²) in [5.74, 6) is 22.1. The normalized spacial score (nSPS) is 13.1. The third kappa shape index (κ3) is 43.9. The van der Waals surface area contributed by atoms with E-state index in [-0.39, 0.29) is 0 Å². The predicted molar refractivity (Wildman–Crippen MR) is 479 cm³/mol. The van der Waals surface area contributed by atoms with Gasteiger partial charge in [0.2, 0.25) is 0 Å². The molecule has 3 aromatic carbocycles. The van der Waals surface area contributed by atoms with Gasteiger partial charge >= 0.3 is 0 Å². The molecule has 0 saturated heterocycles. The number of hydrogen-bond donors (Lipinski definition) is 0. The Labute approximate surface area is 660 Å². The summed E-state index contributed by atoms with van der Waals surface area (Å²) in [6.07, 6.45) is 70.4. The third-order valence-electron chi connectivity index (χ3n) is 18.7. The molecule has 558 valence electrons. The van der Waals surface area contributed by atoms with Crippen LogP contribution in [0, 0.1) is 23.7 Å². The molecular formula is C90H138S10. The smallest absolute Gasteiger partial charge is 0.0659 e. The van der Waals surface area contributed by atoms with Gasteiger partial charge in [0.1, 0.15) is 0 Å². The Kier molecular flexibility index (Phi) is 56.8. The zero-order chi connectivity index (χ0) is 70.7. The van der Waals surface area contributed by atoms with Crippen LogP contribution in [0.15, 0.2) is 95.9 Å². The summed E-state index contributed by atoms with van der Waals surface area (Å²) in [4.78, 5) is 2.56. The van der Waals surface area contributed by atoms with Crippen molar-refractivity contribution in [2.75, 3.05) is 34.5 Å². The van der Waals surface area contributed by atoms with Crippen LogP contribution in [0.5, 0.6) is 0 Å². The van der Waals surface area contributed by atoms with Crippen LogP contribution in [0.2, 0.25) is 0 Å². The number of unbranched alkanes of at least 4 members (excludes halogenated alkanes) is 42. The fourth-order valence-electron chi connectivity index (χ4n) is 12.4. The number of rotatable bonds is 62. The molecule has 2 aliphatic heterocycles. The maximum Gasteiger partial charge on any atom is 0.0659 e. The molecule has 0 aromatic heterocycles. The molecule has 0 unspecified atom stereocenters. The highest BCUT2D eigenvalue weighted by atomic mass is 32.3. The second kappa shape index (κ2) is 63.2. The fraction of sp³-hybridized carbons (Fsp3) is 0.667. The first-order valence-corrected chi connectivity index (χ1v) is 50.5. The van der Waals surface area contributed by atoms with Crippen LogP contribution in [-0.2, 0) is 0 Å². The van der Waals surface area contributed by atoms with E-state index in [0.29, 0.717) is 0 Å². The number of hydrogen-bond acceptors (Lipinski definition) is 10. The summed E-state index contributed by atoms with van der Waals surface area (Å²) < 4.78 is 9.02. The van der Waals surface area contributed by atoms with Gasteiger partial charge in [0.15, 0.2) is 0 Å². The third-order valence-corrected chi connectivity index (χ3v) is 32.1. The largest absolute Gasteiger partial charge is 0.125 e. The molecule has 0 radical (unpaired) electrons. The van der Waals surface area contributed by atoms with Crippen LogP contribution >= 0.6 is 118 Å². The number of benzene rings is 3. The van der Waals surface area contributed by atoms with Crippen molar-refractivity contribution in [3.63, 3.8) is 0 Å². The molecule has 0 amide bonds. The maximum absolute atomic E-state index is 3.78. The van der Waals surface area contributed by atoms with Crippen LogP contribution in [-0.4, -0.2) is 34.5 Å². The number of thioether (sulfide) groups is 10. The van der Waals surface area contributed by atoms with Gasteiger partial charge in [-0.25, -0.2) is 0 Å². The van der Waals surface area contributed by atoms with E-state index in [4.69, 9.17) is 0 Å². The van der Waals surface area contributed by atoms with Gasteiger partial charge in [-0.3, -0.25) is 0 Å². The van der Waals surface area contributed by atoms with Crippen molar-refractivity contribution in [3.05, 3.63) is 119 Å². The topological polar surface area (TPSA) is 0 Å². The first-order chi connectivity index (χ1) is 49.5. The second-order valence-corrected chi connectivity index (χ2v) is 40.5. The molecule has 0 N–H and O–H groups in total. The standard InChI is InChI=1S/C90H138S10/c1-7-13-19-25-31-37-43-49-67-91-83-75-82(66-64-78-57-61-80(62-58-78)74-86-99-89(95-71-53-47-41-35-29-23-17-11-5)90(100-86)96-72-54-48-42-36-30-24-18-12-6)84(92-68-50-44-38-32-26-20-14-8-2)76-81(83)65-63-77-55-59-79(60-56-77)73-85-97-87(93-69-51-45-39-33-27-21-15-9-3)88(98-85)94-70-52-46-40-34-28-22-16-10-4/h55-62,73-76H,7-54,67-72H2,1-6H3. The molecule has 0 spiro atoms. The van der Waals surface area contributed by atoms with E-state index < -0.39 is 0 Å². The van der Waals surface area contributed by atoms with Crippen LogP contribution in [0.25, 0.3) is 12.2 Å². The fourth-order valence-corrected chi connectivity index (χ4v) is 26.3. The first kappa shape index (κ1) is 89.9. The van der Waals surface area contributed by atoms with Gasteiger partial charge in [-0.1, -0.05) is 406 Å². The molecule has 0 saturated carbocycles. The molecular weight excluding hydrogens is 1400 g/mol. The van der Waals surface area contributed by atoms with Crippen molar-refractivity contribution >= 4 is 130 Å². The molecule has 5 rings (SSSR count). The van der Waals surface area contributed by atoms with Crippen molar-refractivity contribution in [2.24, 2.45) is 0 Å². The summed E-state index contributed by atoms with van der Waals surface area (Å²) in [5, 5.41) is 0. The molecule has 2 heterocycles. The lowest BCUT2D eigenvalue weighted by Gasteiger charge is -2.11. The van der Waals surface area contributed by atoms with Crippen molar-refractivity contribution in [1.82, 2.24) is 0 Å². The predicted octanol–water partition coefficient (Wildman–Crippen LogP) is 34.3. The van der Waals surface area contributed by atoms with Crippen LogP contribution in [0.4, 0.5) is 0 Å². The zero-order valence-corrected chi connectivity index (χ0v) is 72.4. The van der Waals surface area contributed by atoms with E-state index in [2.05, 4.69) is 185 Å². The molecule has 0 bridgehead atoms. The van der Waals surface area contributed by atoms with Gasteiger partial charge in [0, 0.05) is 32.0 Å². The summed E-state index contributed by atoms with van der Waals surface area (Å²) >= 11 is 20.6. The highest BCUT2D eigenvalue weighted by Crippen LogP contribution is 2.59.